The Morgan fingerprint density at radius 3 is 2.12 bits per heavy atom. The zero-order valence-corrected chi connectivity index (χ0v) is 14.2. The standard InChI is InChI=1S/C18H14O8/c1-21-12-8-10-13(15(23-3)14(12)22-2)24-18(26-17(10)20)11-7-5-4-6-9(11)16(19)25-18/h4-8H,1-3H3. The summed E-state index contributed by atoms with van der Waals surface area (Å²) in [7, 11) is 4.24. The monoisotopic (exact) mass is 358 g/mol. The summed E-state index contributed by atoms with van der Waals surface area (Å²) in [6, 6.07) is 7.92. The molecule has 1 spiro atoms. The Morgan fingerprint density at radius 1 is 0.808 bits per heavy atom. The highest BCUT2D eigenvalue weighted by molar-refractivity contribution is 5.99. The molecule has 8 heteroatoms. The molecule has 2 aromatic carbocycles. The largest absolute Gasteiger partial charge is 0.493 e. The van der Waals surface area contributed by atoms with Crippen LogP contribution in [0.3, 0.4) is 0 Å². The number of hydrogen-bond donors (Lipinski definition) is 0. The molecule has 1 atom stereocenters. The zero-order chi connectivity index (χ0) is 18.5. The number of ether oxygens (including phenoxy) is 6. The van der Waals surface area contributed by atoms with Crippen molar-refractivity contribution in [2.45, 2.75) is 5.97 Å². The van der Waals surface area contributed by atoms with E-state index in [1.807, 2.05) is 0 Å². The van der Waals surface area contributed by atoms with E-state index in [2.05, 4.69) is 0 Å². The second kappa shape index (κ2) is 5.55. The summed E-state index contributed by atoms with van der Waals surface area (Å²) in [6.45, 7) is 0. The SMILES string of the molecule is COc1cc2c(c(OC)c1OC)OC1(OC(=O)c3ccccc31)OC2=O. The molecule has 0 bridgehead atoms. The first kappa shape index (κ1) is 16.1. The van der Waals surface area contributed by atoms with E-state index in [1.165, 1.54) is 27.4 Å². The number of benzene rings is 2. The lowest BCUT2D eigenvalue weighted by Crippen LogP contribution is -2.42. The van der Waals surface area contributed by atoms with Crippen LogP contribution in [0.1, 0.15) is 26.3 Å². The Bertz CT molecular complexity index is 935. The van der Waals surface area contributed by atoms with Crippen molar-refractivity contribution >= 4 is 11.9 Å². The van der Waals surface area contributed by atoms with Crippen LogP contribution in [0, 0.1) is 0 Å². The Hall–Kier alpha value is -3.42. The van der Waals surface area contributed by atoms with Crippen molar-refractivity contribution in [2.75, 3.05) is 21.3 Å². The lowest BCUT2D eigenvalue weighted by molar-refractivity contribution is -0.295. The summed E-state index contributed by atoms with van der Waals surface area (Å²) in [5.74, 6) is -2.76. The van der Waals surface area contributed by atoms with Crippen LogP contribution in [-0.2, 0) is 15.4 Å². The van der Waals surface area contributed by atoms with E-state index in [9.17, 15) is 9.59 Å². The molecule has 134 valence electrons. The highest BCUT2D eigenvalue weighted by atomic mass is 16.9. The third-order valence-electron chi connectivity index (χ3n) is 4.17. The zero-order valence-electron chi connectivity index (χ0n) is 14.2. The molecule has 4 rings (SSSR count). The second-order valence-corrected chi connectivity index (χ2v) is 5.50. The van der Waals surface area contributed by atoms with E-state index in [0.29, 0.717) is 5.56 Å². The van der Waals surface area contributed by atoms with Gasteiger partial charge in [-0.15, -0.1) is 0 Å². The smallest absolute Gasteiger partial charge is 0.453 e. The minimum absolute atomic E-state index is 0.0332. The first-order valence-electron chi connectivity index (χ1n) is 7.62. The molecule has 26 heavy (non-hydrogen) atoms. The molecule has 2 aliphatic heterocycles. The van der Waals surface area contributed by atoms with Crippen molar-refractivity contribution < 1.29 is 38.0 Å². The van der Waals surface area contributed by atoms with Gasteiger partial charge in [-0.3, -0.25) is 0 Å². The number of esters is 2. The minimum atomic E-state index is -2.01. The van der Waals surface area contributed by atoms with Gasteiger partial charge >= 0.3 is 17.9 Å². The fourth-order valence-electron chi connectivity index (χ4n) is 3.03. The van der Waals surface area contributed by atoms with E-state index >= 15 is 0 Å². The molecule has 8 nitrogen and oxygen atoms in total. The predicted octanol–water partition coefficient (Wildman–Crippen LogP) is 2.24. The molecule has 0 aliphatic carbocycles. The quantitative estimate of drug-likeness (QED) is 0.772. The summed E-state index contributed by atoms with van der Waals surface area (Å²) in [4.78, 5) is 24.8. The van der Waals surface area contributed by atoms with Crippen molar-refractivity contribution in [3.05, 3.63) is 47.0 Å². The maximum atomic E-state index is 12.7. The van der Waals surface area contributed by atoms with Crippen LogP contribution in [-0.4, -0.2) is 33.3 Å². The van der Waals surface area contributed by atoms with Crippen LogP contribution in [0.4, 0.5) is 0 Å². The van der Waals surface area contributed by atoms with E-state index in [0.717, 1.165) is 0 Å². The normalized spacial score (nSPS) is 19.8. The van der Waals surface area contributed by atoms with Crippen LogP contribution in [0.2, 0.25) is 0 Å². The third-order valence-corrected chi connectivity index (χ3v) is 4.17. The van der Waals surface area contributed by atoms with E-state index in [1.54, 1.807) is 24.3 Å². The first-order chi connectivity index (χ1) is 12.5. The highest BCUT2D eigenvalue weighted by Crippen LogP contribution is 2.53. The van der Waals surface area contributed by atoms with Crippen LogP contribution in [0.5, 0.6) is 23.0 Å². The van der Waals surface area contributed by atoms with Gasteiger partial charge in [0.05, 0.1) is 32.5 Å². The fourth-order valence-corrected chi connectivity index (χ4v) is 3.03. The van der Waals surface area contributed by atoms with Gasteiger partial charge in [0.15, 0.2) is 11.5 Å². The average Bonchev–Trinajstić information content (AvgIpc) is 2.92. The van der Waals surface area contributed by atoms with Gasteiger partial charge in [-0.05, 0) is 12.1 Å². The molecule has 0 saturated heterocycles. The summed E-state index contributed by atoms with van der Waals surface area (Å²) in [6.07, 6.45) is 0. The molecule has 0 radical (unpaired) electrons. The van der Waals surface area contributed by atoms with Crippen molar-refractivity contribution in [1.82, 2.24) is 0 Å². The van der Waals surface area contributed by atoms with Gasteiger partial charge in [0, 0.05) is 6.07 Å². The predicted molar refractivity (Wildman–Crippen MR) is 85.7 cm³/mol. The minimum Gasteiger partial charge on any atom is -0.493 e. The molecule has 2 aromatic rings. The molecule has 0 fully saturated rings. The van der Waals surface area contributed by atoms with Crippen LogP contribution < -0.4 is 18.9 Å². The van der Waals surface area contributed by atoms with Gasteiger partial charge in [0.25, 0.3) is 0 Å². The molecule has 0 amide bonds. The van der Waals surface area contributed by atoms with Gasteiger partial charge in [-0.1, -0.05) is 12.1 Å². The highest BCUT2D eigenvalue weighted by Gasteiger charge is 2.56. The Balaban J connectivity index is 1.93. The van der Waals surface area contributed by atoms with Crippen LogP contribution in [0.25, 0.3) is 0 Å². The molecule has 1 unspecified atom stereocenters. The van der Waals surface area contributed by atoms with E-state index < -0.39 is 17.9 Å². The molecule has 0 saturated carbocycles. The van der Waals surface area contributed by atoms with Gasteiger partial charge < -0.3 is 28.4 Å². The second-order valence-electron chi connectivity index (χ2n) is 5.50. The summed E-state index contributed by atoms with van der Waals surface area (Å²) >= 11 is 0. The van der Waals surface area contributed by atoms with E-state index in [4.69, 9.17) is 28.4 Å². The Kier molecular flexibility index (Phi) is 3.43. The lowest BCUT2D eigenvalue weighted by atomic mass is 10.1. The summed E-state index contributed by atoms with van der Waals surface area (Å²) in [5.41, 5.74) is 0.606. The Labute approximate surface area is 148 Å². The summed E-state index contributed by atoms with van der Waals surface area (Å²) in [5, 5.41) is 0. The maximum Gasteiger partial charge on any atom is 0.453 e. The molecule has 0 aromatic heterocycles. The average molecular weight is 358 g/mol. The maximum absolute atomic E-state index is 12.7. The number of carbonyl (C=O) groups excluding carboxylic acids is 2. The van der Waals surface area contributed by atoms with Gasteiger partial charge in [-0.2, -0.15) is 0 Å². The third kappa shape index (κ3) is 2.01. The van der Waals surface area contributed by atoms with Crippen molar-refractivity contribution in [1.29, 1.82) is 0 Å². The lowest BCUT2D eigenvalue weighted by Gasteiger charge is -2.33. The molecule has 2 aliphatic rings. The van der Waals surface area contributed by atoms with Crippen molar-refractivity contribution in [3.63, 3.8) is 0 Å². The molecule has 2 heterocycles. The number of carbonyl (C=O) groups is 2. The van der Waals surface area contributed by atoms with Crippen LogP contribution >= 0.6 is 0 Å². The Morgan fingerprint density at radius 2 is 1.46 bits per heavy atom. The molecular weight excluding hydrogens is 344 g/mol. The van der Waals surface area contributed by atoms with E-state index in [-0.39, 0.29) is 34.1 Å². The van der Waals surface area contributed by atoms with Crippen molar-refractivity contribution in [2.24, 2.45) is 0 Å². The molecule has 0 N–H and O–H groups in total. The number of rotatable bonds is 3. The summed E-state index contributed by atoms with van der Waals surface area (Å²) < 4.78 is 32.4. The first-order valence-corrected chi connectivity index (χ1v) is 7.62. The topological polar surface area (TPSA) is 89.5 Å². The number of fused-ring (bicyclic) bond motifs is 3. The van der Waals surface area contributed by atoms with Crippen molar-refractivity contribution in [3.8, 4) is 23.0 Å². The van der Waals surface area contributed by atoms with Gasteiger partial charge in [0.2, 0.25) is 11.5 Å². The number of hydrogen-bond acceptors (Lipinski definition) is 8. The number of methoxy groups -OCH3 is 3. The van der Waals surface area contributed by atoms with Gasteiger partial charge in [0.1, 0.15) is 5.56 Å². The molecular formula is C18H14O8. The fraction of sp³-hybridized carbons (Fsp3) is 0.222. The van der Waals surface area contributed by atoms with Crippen LogP contribution in [0.15, 0.2) is 30.3 Å². The van der Waals surface area contributed by atoms with Gasteiger partial charge in [-0.25, -0.2) is 9.59 Å².